The number of hydrogen-bond donors (Lipinski definition) is 1. The average molecular weight is 439 g/mol. The van der Waals surface area contributed by atoms with E-state index in [9.17, 15) is 13.2 Å². The van der Waals surface area contributed by atoms with Gasteiger partial charge in [-0.1, -0.05) is 30.7 Å². The molecule has 4 rings (SSSR count). The normalized spacial score (nSPS) is 15.0. The predicted octanol–water partition coefficient (Wildman–Crippen LogP) is 3.92. The predicted molar refractivity (Wildman–Crippen MR) is 120 cm³/mol. The molecule has 0 spiro atoms. The van der Waals surface area contributed by atoms with Crippen LogP contribution in [0.1, 0.15) is 41.0 Å². The van der Waals surface area contributed by atoms with Gasteiger partial charge in [0, 0.05) is 18.7 Å². The molecule has 31 heavy (non-hydrogen) atoms. The molecule has 1 aromatic heterocycles. The van der Waals surface area contributed by atoms with Crippen LogP contribution in [0.4, 0.5) is 5.69 Å². The highest BCUT2D eigenvalue weighted by Crippen LogP contribution is 2.25. The van der Waals surface area contributed by atoms with E-state index in [1.54, 1.807) is 22.9 Å². The minimum Gasteiger partial charge on any atom is -0.319 e. The number of aromatic nitrogens is 2. The van der Waals surface area contributed by atoms with Crippen LogP contribution in [0.2, 0.25) is 0 Å². The standard InChI is InChI=1S/C23H26N4O3S/c1-17-22(18(2)27(25-17)20-11-5-3-6-12-20)24-23(28)19-10-9-13-21(16-19)31(29,30)26-14-7-4-8-15-26/h3,5-6,9-13,16H,4,7-8,14-15H2,1-2H3,(H,24,28). The summed E-state index contributed by atoms with van der Waals surface area (Å²) in [5.41, 5.74) is 3.31. The highest BCUT2D eigenvalue weighted by atomic mass is 32.2. The van der Waals surface area contributed by atoms with Crippen molar-refractivity contribution in [2.75, 3.05) is 18.4 Å². The van der Waals surface area contributed by atoms with E-state index in [4.69, 9.17) is 0 Å². The van der Waals surface area contributed by atoms with Crippen molar-refractivity contribution < 1.29 is 13.2 Å². The Morgan fingerprint density at radius 3 is 2.39 bits per heavy atom. The van der Waals surface area contributed by atoms with E-state index in [1.165, 1.54) is 10.4 Å². The van der Waals surface area contributed by atoms with Crippen LogP contribution in [0.3, 0.4) is 0 Å². The lowest BCUT2D eigenvalue weighted by atomic mass is 10.2. The smallest absolute Gasteiger partial charge is 0.255 e. The van der Waals surface area contributed by atoms with Crippen LogP contribution in [0, 0.1) is 13.8 Å². The monoisotopic (exact) mass is 438 g/mol. The third-order valence-corrected chi connectivity index (χ3v) is 7.47. The van der Waals surface area contributed by atoms with E-state index in [-0.39, 0.29) is 10.8 Å². The number of anilines is 1. The molecule has 1 aliphatic rings. The van der Waals surface area contributed by atoms with Gasteiger partial charge in [0.15, 0.2) is 0 Å². The second-order valence-electron chi connectivity index (χ2n) is 7.74. The summed E-state index contributed by atoms with van der Waals surface area (Å²) in [4.78, 5) is 13.1. The van der Waals surface area contributed by atoms with Crippen LogP contribution in [0.15, 0.2) is 59.5 Å². The highest BCUT2D eigenvalue weighted by Gasteiger charge is 2.26. The zero-order valence-electron chi connectivity index (χ0n) is 17.7. The van der Waals surface area contributed by atoms with Crippen molar-refractivity contribution in [3.05, 3.63) is 71.5 Å². The van der Waals surface area contributed by atoms with Gasteiger partial charge in [0.2, 0.25) is 10.0 Å². The molecule has 0 bridgehead atoms. The lowest BCUT2D eigenvalue weighted by molar-refractivity contribution is 0.102. The highest BCUT2D eigenvalue weighted by molar-refractivity contribution is 7.89. The first kappa shape index (κ1) is 21.3. The molecular weight excluding hydrogens is 412 g/mol. The fourth-order valence-electron chi connectivity index (χ4n) is 3.88. The summed E-state index contributed by atoms with van der Waals surface area (Å²) in [6.07, 6.45) is 2.77. The van der Waals surface area contributed by atoms with Crippen LogP contribution in [-0.2, 0) is 10.0 Å². The van der Waals surface area contributed by atoms with Crippen molar-refractivity contribution >= 4 is 21.6 Å². The fraction of sp³-hybridized carbons (Fsp3) is 0.304. The Bertz CT molecular complexity index is 1200. The molecule has 1 aliphatic heterocycles. The Labute approximate surface area is 182 Å². The summed E-state index contributed by atoms with van der Waals surface area (Å²) in [5, 5.41) is 7.46. The summed E-state index contributed by atoms with van der Waals surface area (Å²) in [6.45, 7) is 4.77. The first-order valence-electron chi connectivity index (χ1n) is 10.4. The quantitative estimate of drug-likeness (QED) is 0.654. The number of nitrogens with one attached hydrogen (secondary N) is 1. The van der Waals surface area contributed by atoms with Crippen molar-refractivity contribution in [2.24, 2.45) is 0 Å². The molecule has 0 radical (unpaired) electrons. The Hall–Kier alpha value is -2.97. The molecule has 3 aromatic rings. The van der Waals surface area contributed by atoms with Crippen molar-refractivity contribution in [2.45, 2.75) is 38.0 Å². The molecule has 8 heteroatoms. The number of hydrogen-bond acceptors (Lipinski definition) is 4. The zero-order chi connectivity index (χ0) is 22.0. The van der Waals surface area contributed by atoms with Gasteiger partial charge in [-0.2, -0.15) is 9.40 Å². The van der Waals surface area contributed by atoms with Gasteiger partial charge in [0.05, 0.1) is 27.7 Å². The Balaban J connectivity index is 1.59. The first-order valence-corrected chi connectivity index (χ1v) is 11.8. The molecular formula is C23H26N4O3S. The number of nitrogens with zero attached hydrogens (tertiary/aromatic N) is 3. The average Bonchev–Trinajstić information content (AvgIpc) is 3.08. The largest absolute Gasteiger partial charge is 0.319 e. The lowest BCUT2D eigenvalue weighted by Crippen LogP contribution is -2.35. The number of benzene rings is 2. The maximum absolute atomic E-state index is 13.0. The minimum absolute atomic E-state index is 0.149. The van der Waals surface area contributed by atoms with E-state index < -0.39 is 10.0 Å². The summed E-state index contributed by atoms with van der Waals surface area (Å²) >= 11 is 0. The number of piperidine rings is 1. The van der Waals surface area contributed by atoms with Gasteiger partial charge in [0.25, 0.3) is 5.91 Å². The molecule has 0 saturated carbocycles. The Morgan fingerprint density at radius 2 is 1.68 bits per heavy atom. The second-order valence-corrected chi connectivity index (χ2v) is 9.68. The van der Waals surface area contributed by atoms with Gasteiger partial charge in [-0.25, -0.2) is 13.1 Å². The van der Waals surface area contributed by atoms with Crippen molar-refractivity contribution in [3.63, 3.8) is 0 Å². The van der Waals surface area contributed by atoms with Crippen LogP contribution in [0.5, 0.6) is 0 Å². The van der Waals surface area contributed by atoms with Gasteiger partial charge < -0.3 is 5.32 Å². The molecule has 2 heterocycles. The summed E-state index contributed by atoms with van der Waals surface area (Å²) < 4.78 is 29.2. The van der Waals surface area contributed by atoms with Gasteiger partial charge in [-0.15, -0.1) is 0 Å². The Kier molecular flexibility index (Phi) is 5.93. The molecule has 2 aromatic carbocycles. The number of aryl methyl sites for hydroxylation is 1. The number of amides is 1. The lowest BCUT2D eigenvalue weighted by Gasteiger charge is -2.26. The number of carbonyl (C=O) groups is 1. The van der Waals surface area contributed by atoms with Crippen molar-refractivity contribution in [1.82, 2.24) is 14.1 Å². The molecule has 7 nitrogen and oxygen atoms in total. The van der Waals surface area contributed by atoms with Crippen molar-refractivity contribution in [3.8, 4) is 5.69 Å². The number of para-hydroxylation sites is 1. The van der Waals surface area contributed by atoms with Crippen LogP contribution >= 0.6 is 0 Å². The summed E-state index contributed by atoms with van der Waals surface area (Å²) in [5.74, 6) is -0.366. The number of carbonyl (C=O) groups excluding carboxylic acids is 1. The molecule has 1 N–H and O–H groups in total. The van der Waals surface area contributed by atoms with Crippen LogP contribution < -0.4 is 5.32 Å². The van der Waals surface area contributed by atoms with Crippen LogP contribution in [0.25, 0.3) is 5.69 Å². The van der Waals surface area contributed by atoms with Crippen LogP contribution in [-0.4, -0.2) is 41.5 Å². The molecule has 1 saturated heterocycles. The molecule has 1 fully saturated rings. The first-order chi connectivity index (χ1) is 14.9. The second kappa shape index (κ2) is 8.64. The fourth-order valence-corrected chi connectivity index (χ4v) is 5.45. The van der Waals surface area contributed by atoms with E-state index >= 15 is 0 Å². The number of rotatable bonds is 5. The van der Waals surface area contributed by atoms with E-state index in [1.807, 2.05) is 44.2 Å². The topological polar surface area (TPSA) is 84.3 Å². The number of sulfonamides is 1. The maximum Gasteiger partial charge on any atom is 0.255 e. The Morgan fingerprint density at radius 1 is 0.968 bits per heavy atom. The minimum atomic E-state index is -3.60. The molecule has 162 valence electrons. The zero-order valence-corrected chi connectivity index (χ0v) is 18.5. The van der Waals surface area contributed by atoms with Gasteiger partial charge in [-0.3, -0.25) is 4.79 Å². The summed E-state index contributed by atoms with van der Waals surface area (Å²) in [7, 11) is -3.60. The third-order valence-electron chi connectivity index (χ3n) is 5.58. The van der Waals surface area contributed by atoms with Gasteiger partial charge >= 0.3 is 0 Å². The summed E-state index contributed by atoms with van der Waals surface area (Å²) in [6, 6.07) is 15.9. The SMILES string of the molecule is Cc1nn(-c2ccccc2)c(C)c1NC(=O)c1cccc(S(=O)(=O)N2CCCCC2)c1. The van der Waals surface area contributed by atoms with Gasteiger partial charge in [0.1, 0.15) is 0 Å². The molecule has 0 atom stereocenters. The third kappa shape index (κ3) is 4.26. The molecule has 0 aliphatic carbocycles. The van der Waals surface area contributed by atoms with E-state index in [0.717, 1.165) is 30.6 Å². The van der Waals surface area contributed by atoms with Crippen molar-refractivity contribution in [1.29, 1.82) is 0 Å². The van der Waals surface area contributed by atoms with E-state index in [2.05, 4.69) is 10.4 Å². The van der Waals surface area contributed by atoms with Gasteiger partial charge in [-0.05, 0) is 57.0 Å². The van der Waals surface area contributed by atoms with E-state index in [0.29, 0.717) is 30.0 Å². The molecule has 1 amide bonds. The maximum atomic E-state index is 13.0. The molecule has 0 unspecified atom stereocenters.